The van der Waals surface area contributed by atoms with Crippen molar-refractivity contribution in [2.45, 2.75) is 45.3 Å². The maximum absolute atomic E-state index is 12.6. The van der Waals surface area contributed by atoms with Crippen LogP contribution in [0.4, 0.5) is 0 Å². The third-order valence-electron chi connectivity index (χ3n) is 6.53. The molecule has 0 unspecified atom stereocenters. The van der Waals surface area contributed by atoms with Crippen LogP contribution in [0.2, 0.25) is 0 Å². The molecule has 2 aliphatic heterocycles. The Bertz CT molecular complexity index is 974. The molecular weight excluding hydrogens is 416 g/mol. The first kappa shape index (κ1) is 23.4. The van der Waals surface area contributed by atoms with Crippen molar-refractivity contribution in [1.29, 1.82) is 0 Å². The Labute approximate surface area is 195 Å². The van der Waals surface area contributed by atoms with Crippen molar-refractivity contribution in [2.24, 2.45) is 5.92 Å². The third kappa shape index (κ3) is 6.18. The summed E-state index contributed by atoms with van der Waals surface area (Å²) in [5.41, 5.74) is 4.11. The van der Waals surface area contributed by atoms with Crippen molar-refractivity contribution in [3.05, 3.63) is 65.0 Å². The lowest BCUT2D eigenvalue weighted by atomic mass is 9.93. The standard InChI is InChI=1S/C26H34N4O3/c1-2-5-25(32)30-15-19(16-30)12-23-13-21(8-10-27-23)26(33)28-14-24(31)18-29-11-9-20-6-3-4-7-22(20)17-29/h3-4,6-8,10,13,19,24,31H,2,5,9,11-12,14-18H2,1H3,(H,28,33)/t24-/m0/s1. The van der Waals surface area contributed by atoms with Crippen LogP contribution in [0.25, 0.3) is 0 Å². The van der Waals surface area contributed by atoms with Crippen molar-refractivity contribution >= 4 is 11.8 Å². The van der Waals surface area contributed by atoms with Gasteiger partial charge in [0.15, 0.2) is 0 Å². The second kappa shape index (κ2) is 10.9. The van der Waals surface area contributed by atoms with Crippen molar-refractivity contribution in [2.75, 3.05) is 32.7 Å². The molecule has 1 atom stereocenters. The fourth-order valence-electron chi connectivity index (χ4n) is 4.69. The Hall–Kier alpha value is -2.77. The molecule has 2 aromatic rings. The minimum absolute atomic E-state index is 0.199. The molecule has 0 saturated carbocycles. The highest BCUT2D eigenvalue weighted by Gasteiger charge is 2.30. The van der Waals surface area contributed by atoms with Gasteiger partial charge in [-0.15, -0.1) is 0 Å². The molecule has 0 radical (unpaired) electrons. The largest absolute Gasteiger partial charge is 0.390 e. The fraction of sp³-hybridized carbons (Fsp3) is 0.500. The predicted molar refractivity (Wildman–Crippen MR) is 127 cm³/mol. The van der Waals surface area contributed by atoms with Gasteiger partial charge in [-0.05, 0) is 48.4 Å². The van der Waals surface area contributed by atoms with Crippen molar-refractivity contribution in [1.82, 2.24) is 20.1 Å². The van der Waals surface area contributed by atoms with Crippen molar-refractivity contribution in [3.8, 4) is 0 Å². The van der Waals surface area contributed by atoms with Crippen LogP contribution in [-0.4, -0.2) is 70.5 Å². The quantitative estimate of drug-likeness (QED) is 0.611. The number of aromatic nitrogens is 1. The minimum Gasteiger partial charge on any atom is -0.390 e. The van der Waals surface area contributed by atoms with Gasteiger partial charge in [0.2, 0.25) is 5.91 Å². The number of β-amino-alcohol motifs (C(OH)–C–C–N with tert-alkyl or cyclic N) is 1. The molecule has 0 bridgehead atoms. The van der Waals surface area contributed by atoms with Crippen LogP contribution in [0.3, 0.4) is 0 Å². The molecule has 0 spiro atoms. The van der Waals surface area contributed by atoms with E-state index in [1.165, 1.54) is 11.1 Å². The lowest BCUT2D eigenvalue weighted by Gasteiger charge is -2.39. The zero-order valence-electron chi connectivity index (χ0n) is 19.4. The highest BCUT2D eigenvalue weighted by molar-refractivity contribution is 5.94. The maximum Gasteiger partial charge on any atom is 0.251 e. The molecule has 176 valence electrons. The monoisotopic (exact) mass is 450 g/mol. The number of aliphatic hydroxyl groups is 1. The number of nitrogens with zero attached hydrogens (tertiary/aromatic N) is 3. The van der Waals surface area contributed by atoms with E-state index in [1.54, 1.807) is 12.3 Å². The molecule has 33 heavy (non-hydrogen) atoms. The normalized spacial score (nSPS) is 17.2. The van der Waals surface area contributed by atoms with Crippen molar-refractivity contribution in [3.63, 3.8) is 0 Å². The molecule has 1 saturated heterocycles. The molecule has 3 heterocycles. The summed E-state index contributed by atoms with van der Waals surface area (Å²) in [5.74, 6) is 0.422. The Morgan fingerprint density at radius 1 is 1.21 bits per heavy atom. The van der Waals surface area contributed by atoms with Crippen LogP contribution in [0.1, 0.15) is 46.9 Å². The number of likely N-dealkylation sites (tertiary alicyclic amines) is 1. The average molecular weight is 451 g/mol. The zero-order chi connectivity index (χ0) is 23.2. The number of carbonyl (C=O) groups excluding carboxylic acids is 2. The molecule has 7 heteroatoms. The highest BCUT2D eigenvalue weighted by Crippen LogP contribution is 2.21. The Morgan fingerprint density at radius 3 is 2.79 bits per heavy atom. The van der Waals surface area contributed by atoms with Crippen LogP contribution in [0.15, 0.2) is 42.6 Å². The summed E-state index contributed by atoms with van der Waals surface area (Å²) in [7, 11) is 0. The van der Waals surface area contributed by atoms with E-state index >= 15 is 0 Å². The number of rotatable bonds is 9. The number of benzene rings is 1. The molecular formula is C26H34N4O3. The molecule has 7 nitrogen and oxygen atoms in total. The van der Waals surface area contributed by atoms with Gasteiger partial charge in [0.05, 0.1) is 6.10 Å². The van der Waals surface area contributed by atoms with E-state index < -0.39 is 6.10 Å². The van der Waals surface area contributed by atoms with Crippen LogP contribution in [0.5, 0.6) is 0 Å². The molecule has 1 fully saturated rings. The number of fused-ring (bicyclic) bond motifs is 1. The lowest BCUT2D eigenvalue weighted by Crippen LogP contribution is -2.50. The van der Waals surface area contributed by atoms with Gasteiger partial charge in [-0.1, -0.05) is 31.2 Å². The van der Waals surface area contributed by atoms with Gasteiger partial charge in [0, 0.05) is 63.1 Å². The number of pyridine rings is 1. The summed E-state index contributed by atoms with van der Waals surface area (Å²) >= 11 is 0. The minimum atomic E-state index is -0.623. The van der Waals surface area contributed by atoms with E-state index in [9.17, 15) is 14.7 Å². The molecule has 1 aromatic heterocycles. The van der Waals surface area contributed by atoms with Gasteiger partial charge in [0.25, 0.3) is 5.91 Å². The Kier molecular flexibility index (Phi) is 7.73. The first-order valence-electron chi connectivity index (χ1n) is 12.0. The van der Waals surface area contributed by atoms with E-state index in [0.717, 1.165) is 51.1 Å². The fourth-order valence-corrected chi connectivity index (χ4v) is 4.69. The second-order valence-corrected chi connectivity index (χ2v) is 9.27. The van der Waals surface area contributed by atoms with Gasteiger partial charge in [-0.3, -0.25) is 19.5 Å². The van der Waals surface area contributed by atoms with Gasteiger partial charge in [-0.25, -0.2) is 0 Å². The van der Waals surface area contributed by atoms with Gasteiger partial charge < -0.3 is 15.3 Å². The molecule has 1 aromatic carbocycles. The average Bonchev–Trinajstić information content (AvgIpc) is 2.79. The predicted octanol–water partition coefficient (Wildman–Crippen LogP) is 2.03. The maximum atomic E-state index is 12.6. The number of aliphatic hydroxyl groups excluding tert-OH is 1. The van der Waals surface area contributed by atoms with E-state index in [0.29, 0.717) is 24.4 Å². The van der Waals surface area contributed by atoms with Crippen LogP contribution in [-0.2, 0) is 24.2 Å². The van der Waals surface area contributed by atoms with E-state index in [-0.39, 0.29) is 18.4 Å². The summed E-state index contributed by atoms with van der Waals surface area (Å²) in [5, 5.41) is 13.3. The van der Waals surface area contributed by atoms with Crippen LogP contribution >= 0.6 is 0 Å². The first-order valence-corrected chi connectivity index (χ1v) is 12.0. The second-order valence-electron chi connectivity index (χ2n) is 9.27. The Balaban J connectivity index is 1.21. The number of hydrogen-bond acceptors (Lipinski definition) is 5. The van der Waals surface area contributed by atoms with E-state index in [1.807, 2.05) is 17.9 Å². The molecule has 2 N–H and O–H groups in total. The van der Waals surface area contributed by atoms with Gasteiger partial charge in [-0.2, -0.15) is 0 Å². The first-order chi connectivity index (χ1) is 16.0. The molecule has 2 amide bonds. The summed E-state index contributed by atoms with van der Waals surface area (Å²) in [6.07, 6.45) is 4.26. The summed E-state index contributed by atoms with van der Waals surface area (Å²) < 4.78 is 0. The third-order valence-corrected chi connectivity index (χ3v) is 6.53. The van der Waals surface area contributed by atoms with E-state index in [4.69, 9.17) is 0 Å². The van der Waals surface area contributed by atoms with Crippen LogP contribution in [0, 0.1) is 5.92 Å². The number of hydrogen-bond donors (Lipinski definition) is 2. The SMILES string of the molecule is CCCC(=O)N1CC(Cc2cc(C(=O)NC[C@H](O)CN3CCc4ccccc4C3)ccn2)C1. The smallest absolute Gasteiger partial charge is 0.251 e. The number of nitrogens with one attached hydrogen (secondary N) is 1. The molecule has 4 rings (SSSR count). The van der Waals surface area contributed by atoms with Crippen molar-refractivity contribution < 1.29 is 14.7 Å². The highest BCUT2D eigenvalue weighted by atomic mass is 16.3. The van der Waals surface area contributed by atoms with Crippen LogP contribution < -0.4 is 5.32 Å². The van der Waals surface area contributed by atoms with Gasteiger partial charge >= 0.3 is 0 Å². The van der Waals surface area contributed by atoms with E-state index in [2.05, 4.69) is 39.5 Å². The molecule has 0 aliphatic carbocycles. The van der Waals surface area contributed by atoms with Gasteiger partial charge in [0.1, 0.15) is 0 Å². The molecule has 2 aliphatic rings. The summed E-state index contributed by atoms with van der Waals surface area (Å²) in [4.78, 5) is 33.1. The lowest BCUT2D eigenvalue weighted by molar-refractivity contribution is -0.137. The summed E-state index contributed by atoms with van der Waals surface area (Å²) in [6, 6.07) is 11.9. The topological polar surface area (TPSA) is 85.8 Å². The number of carbonyl (C=O) groups is 2. The summed E-state index contributed by atoms with van der Waals surface area (Å²) in [6.45, 7) is 6.04. The number of amides is 2. The Morgan fingerprint density at radius 2 is 2.00 bits per heavy atom. The zero-order valence-corrected chi connectivity index (χ0v) is 19.4.